The number of hydrogen-bond donors (Lipinski definition) is 0. The monoisotopic (exact) mass is 300 g/mol. The van der Waals surface area contributed by atoms with Gasteiger partial charge >= 0.3 is 0 Å². The van der Waals surface area contributed by atoms with Gasteiger partial charge in [0.2, 0.25) is 0 Å². The third-order valence-electron chi connectivity index (χ3n) is 3.12. The Labute approximate surface area is 114 Å². The fourth-order valence-electron chi connectivity index (χ4n) is 1.81. The summed E-state index contributed by atoms with van der Waals surface area (Å²) in [4.78, 5) is 0. The van der Waals surface area contributed by atoms with Gasteiger partial charge in [0.1, 0.15) is 0 Å². The van der Waals surface area contributed by atoms with Crippen LogP contribution < -0.4 is 0 Å². The Morgan fingerprint density at radius 3 is 2.71 bits per heavy atom. The second-order valence-corrected chi connectivity index (χ2v) is 8.15. The lowest BCUT2D eigenvalue weighted by atomic mass is 10.2. The first-order chi connectivity index (χ1) is 7.91. The van der Waals surface area contributed by atoms with Crippen LogP contribution in [0.25, 0.3) is 0 Å². The van der Waals surface area contributed by atoms with Crippen LogP contribution in [0.15, 0.2) is 0 Å². The first-order valence-electron chi connectivity index (χ1n) is 5.82. The molecule has 0 amide bonds. The number of halogens is 1. The van der Waals surface area contributed by atoms with Gasteiger partial charge < -0.3 is 0 Å². The summed E-state index contributed by atoms with van der Waals surface area (Å²) in [5, 5.41) is 0.347. The Hall–Kier alpha value is 0.510. The van der Waals surface area contributed by atoms with Crippen molar-refractivity contribution in [3.8, 4) is 0 Å². The first-order valence-corrected chi connectivity index (χ1v) is 8.80. The summed E-state index contributed by atoms with van der Waals surface area (Å²) in [5.74, 6) is 1.36. The lowest BCUT2D eigenvalue weighted by Crippen LogP contribution is -2.52. The maximum atomic E-state index is 12.3. The van der Waals surface area contributed by atoms with Crippen molar-refractivity contribution in [1.29, 1.82) is 0 Å². The van der Waals surface area contributed by atoms with Crippen molar-refractivity contribution in [2.45, 2.75) is 31.6 Å². The Balaban J connectivity index is 2.74. The molecule has 2 unspecified atom stereocenters. The molecule has 1 aliphatic rings. The molecule has 7 heteroatoms. The minimum atomic E-state index is -3.32. The zero-order valence-corrected chi connectivity index (χ0v) is 13.0. The normalized spacial score (nSPS) is 27.6. The predicted octanol–water partition coefficient (Wildman–Crippen LogP) is 1.62. The predicted molar refractivity (Wildman–Crippen MR) is 75.0 cm³/mol. The fraction of sp³-hybridized carbons (Fsp3) is 1.00. The van der Waals surface area contributed by atoms with Gasteiger partial charge in [0.25, 0.3) is 10.2 Å². The molecular weight excluding hydrogens is 280 g/mol. The molecule has 2 atom stereocenters. The maximum Gasteiger partial charge on any atom is 0.282 e. The molecule has 0 spiro atoms. The molecule has 17 heavy (non-hydrogen) atoms. The van der Waals surface area contributed by atoms with Crippen molar-refractivity contribution >= 4 is 33.6 Å². The van der Waals surface area contributed by atoms with Gasteiger partial charge in [0.15, 0.2) is 0 Å². The van der Waals surface area contributed by atoms with Crippen LogP contribution in [0.5, 0.6) is 0 Å². The molecule has 0 radical (unpaired) electrons. The van der Waals surface area contributed by atoms with Gasteiger partial charge in [-0.05, 0) is 13.3 Å². The van der Waals surface area contributed by atoms with Crippen LogP contribution >= 0.6 is 23.4 Å². The lowest BCUT2D eigenvalue weighted by Gasteiger charge is -2.38. The number of alkyl halides is 1. The van der Waals surface area contributed by atoms with E-state index in [-0.39, 0.29) is 6.04 Å². The van der Waals surface area contributed by atoms with Gasteiger partial charge in [0, 0.05) is 43.1 Å². The summed E-state index contributed by atoms with van der Waals surface area (Å²) < 4.78 is 27.7. The van der Waals surface area contributed by atoms with Crippen LogP contribution in [0.4, 0.5) is 0 Å². The van der Waals surface area contributed by atoms with Crippen molar-refractivity contribution in [1.82, 2.24) is 8.61 Å². The summed E-state index contributed by atoms with van der Waals surface area (Å²) in [5.41, 5.74) is 0. The minimum Gasteiger partial charge on any atom is -0.195 e. The number of hydrogen-bond acceptors (Lipinski definition) is 3. The second-order valence-electron chi connectivity index (χ2n) is 4.30. The lowest BCUT2D eigenvalue weighted by molar-refractivity contribution is 0.308. The van der Waals surface area contributed by atoms with Gasteiger partial charge in [-0.15, -0.1) is 11.6 Å². The summed E-state index contributed by atoms with van der Waals surface area (Å²) >= 11 is 7.42. The van der Waals surface area contributed by atoms with E-state index >= 15 is 0 Å². The molecular formula is C10H21ClN2O2S2. The highest BCUT2D eigenvalue weighted by atomic mass is 35.5. The molecule has 1 rings (SSSR count). The summed E-state index contributed by atoms with van der Waals surface area (Å²) in [6.45, 7) is 5.14. The average Bonchev–Trinajstić information content (AvgIpc) is 2.29. The van der Waals surface area contributed by atoms with Gasteiger partial charge in [-0.1, -0.05) is 6.92 Å². The number of rotatable bonds is 5. The number of nitrogens with zero attached hydrogens (tertiary/aromatic N) is 2. The van der Waals surface area contributed by atoms with Crippen molar-refractivity contribution in [3.63, 3.8) is 0 Å². The SMILES string of the molecule is CC1SCCN(S(=O)(=O)N(C)CCCCl)C1C. The van der Waals surface area contributed by atoms with Gasteiger partial charge in [-0.3, -0.25) is 0 Å². The summed E-state index contributed by atoms with van der Waals surface area (Å²) in [6.07, 6.45) is 0.684. The molecule has 0 aromatic rings. The smallest absolute Gasteiger partial charge is 0.195 e. The van der Waals surface area contributed by atoms with Crippen molar-refractivity contribution < 1.29 is 8.42 Å². The molecule has 0 aromatic carbocycles. The molecule has 0 N–H and O–H groups in total. The van der Waals surface area contributed by atoms with E-state index in [0.29, 0.717) is 30.6 Å². The van der Waals surface area contributed by atoms with Crippen LogP contribution in [0.2, 0.25) is 0 Å². The molecule has 1 saturated heterocycles. The zero-order valence-electron chi connectivity index (χ0n) is 10.6. The molecule has 0 bridgehead atoms. The Morgan fingerprint density at radius 1 is 1.47 bits per heavy atom. The van der Waals surface area contributed by atoms with Crippen LogP contribution in [0, 0.1) is 0 Å². The Bertz CT molecular complexity index is 337. The Kier molecular flexibility index (Phi) is 6.05. The third-order valence-corrected chi connectivity index (χ3v) is 6.81. The zero-order chi connectivity index (χ0) is 13.1. The molecule has 1 fully saturated rings. The maximum absolute atomic E-state index is 12.3. The van der Waals surface area contributed by atoms with Crippen molar-refractivity contribution in [2.75, 3.05) is 31.8 Å². The highest BCUT2D eigenvalue weighted by Crippen LogP contribution is 2.27. The van der Waals surface area contributed by atoms with E-state index in [0.717, 1.165) is 5.75 Å². The van der Waals surface area contributed by atoms with E-state index in [1.165, 1.54) is 4.31 Å². The highest BCUT2D eigenvalue weighted by molar-refractivity contribution is 8.00. The molecule has 1 aliphatic heterocycles. The van der Waals surface area contributed by atoms with Crippen molar-refractivity contribution in [2.24, 2.45) is 0 Å². The molecule has 0 aliphatic carbocycles. The topological polar surface area (TPSA) is 40.6 Å². The van der Waals surface area contributed by atoms with Crippen LogP contribution in [0.3, 0.4) is 0 Å². The number of thioether (sulfide) groups is 1. The van der Waals surface area contributed by atoms with Crippen LogP contribution in [-0.2, 0) is 10.2 Å². The van der Waals surface area contributed by atoms with Crippen LogP contribution in [-0.4, -0.2) is 60.1 Å². The first kappa shape index (κ1) is 15.6. The highest BCUT2D eigenvalue weighted by Gasteiger charge is 2.35. The molecule has 0 aromatic heterocycles. The Morgan fingerprint density at radius 2 is 2.12 bits per heavy atom. The fourth-order valence-corrected chi connectivity index (χ4v) is 4.86. The van der Waals surface area contributed by atoms with E-state index in [9.17, 15) is 8.42 Å². The van der Waals surface area contributed by atoms with Gasteiger partial charge in [-0.2, -0.15) is 28.8 Å². The van der Waals surface area contributed by atoms with Crippen LogP contribution in [0.1, 0.15) is 20.3 Å². The van der Waals surface area contributed by atoms with Gasteiger partial charge in [-0.25, -0.2) is 0 Å². The van der Waals surface area contributed by atoms with Gasteiger partial charge in [0.05, 0.1) is 0 Å². The summed E-state index contributed by atoms with van der Waals surface area (Å²) in [6, 6.07) is 0.0530. The third kappa shape index (κ3) is 3.73. The molecule has 0 saturated carbocycles. The minimum absolute atomic E-state index is 0.0530. The van der Waals surface area contributed by atoms with E-state index < -0.39 is 10.2 Å². The van der Waals surface area contributed by atoms with Crippen molar-refractivity contribution in [3.05, 3.63) is 0 Å². The van der Waals surface area contributed by atoms with E-state index in [1.807, 2.05) is 18.7 Å². The quantitative estimate of drug-likeness (QED) is 0.725. The van der Waals surface area contributed by atoms with E-state index in [1.54, 1.807) is 11.4 Å². The standard InChI is InChI=1S/C10H21ClN2O2S2/c1-9-10(2)16-8-7-13(9)17(14,15)12(3)6-4-5-11/h9-10H,4-8H2,1-3H3. The molecule has 1 heterocycles. The average molecular weight is 301 g/mol. The largest absolute Gasteiger partial charge is 0.282 e. The van der Waals surface area contributed by atoms with E-state index in [2.05, 4.69) is 6.92 Å². The summed E-state index contributed by atoms with van der Waals surface area (Å²) in [7, 11) is -1.70. The van der Waals surface area contributed by atoms with E-state index in [4.69, 9.17) is 11.6 Å². The molecule has 4 nitrogen and oxygen atoms in total. The molecule has 102 valence electrons. The second kappa shape index (κ2) is 6.61.